The smallest absolute Gasteiger partial charge is 0.290 e. The Morgan fingerprint density at radius 2 is 1.88 bits per heavy atom. The molecule has 3 heterocycles. The van der Waals surface area contributed by atoms with Gasteiger partial charge < -0.3 is 18.8 Å². The molecule has 0 saturated heterocycles. The minimum atomic E-state index is -0.575. The molecule has 0 fully saturated rings. The van der Waals surface area contributed by atoms with Crippen molar-refractivity contribution in [2.24, 2.45) is 0 Å². The Labute approximate surface area is 197 Å². The van der Waals surface area contributed by atoms with Gasteiger partial charge in [0.2, 0.25) is 5.91 Å². The second-order valence-electron chi connectivity index (χ2n) is 8.83. The minimum absolute atomic E-state index is 0.0679. The molecule has 0 bridgehead atoms. The van der Waals surface area contributed by atoms with Crippen LogP contribution in [0.25, 0.3) is 0 Å². The van der Waals surface area contributed by atoms with Crippen LogP contribution >= 0.6 is 23.2 Å². The lowest BCUT2D eigenvalue weighted by atomic mass is 9.99. The van der Waals surface area contributed by atoms with Crippen LogP contribution in [-0.4, -0.2) is 44.8 Å². The van der Waals surface area contributed by atoms with Gasteiger partial charge in [-0.25, -0.2) is 0 Å². The van der Waals surface area contributed by atoms with Gasteiger partial charge in [-0.1, -0.05) is 29.3 Å². The van der Waals surface area contributed by atoms with Gasteiger partial charge in [-0.15, -0.1) is 0 Å². The molecule has 0 aliphatic carbocycles. The third kappa shape index (κ3) is 4.30. The van der Waals surface area contributed by atoms with Crippen molar-refractivity contribution in [3.63, 3.8) is 0 Å². The summed E-state index contributed by atoms with van der Waals surface area (Å²) in [4.78, 5) is 30.1. The second kappa shape index (κ2) is 8.68. The van der Waals surface area contributed by atoms with Crippen molar-refractivity contribution in [2.45, 2.75) is 38.9 Å². The number of aromatic nitrogens is 1. The first-order chi connectivity index (χ1) is 15.2. The third-order valence-corrected chi connectivity index (χ3v) is 6.44. The maximum atomic E-state index is 13.6. The van der Waals surface area contributed by atoms with Crippen molar-refractivity contribution in [1.29, 1.82) is 0 Å². The number of halogens is 2. The highest BCUT2D eigenvalue weighted by Crippen LogP contribution is 2.35. The summed E-state index contributed by atoms with van der Waals surface area (Å²) < 4.78 is 7.43. The molecule has 3 aromatic rings. The number of carbonyl (C=O) groups is 2. The number of nitrogens with zero attached hydrogens (tertiary/aromatic N) is 3. The summed E-state index contributed by atoms with van der Waals surface area (Å²) in [6, 6.07) is 12.3. The Morgan fingerprint density at radius 3 is 2.53 bits per heavy atom. The maximum absolute atomic E-state index is 13.6. The van der Waals surface area contributed by atoms with Crippen LogP contribution in [0.3, 0.4) is 0 Å². The number of rotatable bonds is 4. The lowest BCUT2D eigenvalue weighted by Crippen LogP contribution is -2.53. The molecule has 2 amide bonds. The van der Waals surface area contributed by atoms with Crippen LogP contribution < -0.4 is 0 Å². The van der Waals surface area contributed by atoms with Crippen LogP contribution in [0, 0.1) is 0 Å². The predicted octanol–water partition coefficient (Wildman–Crippen LogP) is 5.26. The summed E-state index contributed by atoms with van der Waals surface area (Å²) in [7, 11) is 0. The van der Waals surface area contributed by atoms with Crippen LogP contribution in [0.15, 0.2) is 59.3 Å². The lowest BCUT2D eigenvalue weighted by Gasteiger charge is -2.40. The summed E-state index contributed by atoms with van der Waals surface area (Å²) in [5.41, 5.74) is 1.28. The van der Waals surface area contributed by atoms with Gasteiger partial charge in [0.05, 0.1) is 22.4 Å². The quantitative estimate of drug-likeness (QED) is 0.518. The summed E-state index contributed by atoms with van der Waals surface area (Å²) in [6.45, 7) is 6.82. The number of furan rings is 1. The Balaban J connectivity index is 1.67. The molecule has 0 radical (unpaired) electrons. The number of benzene rings is 1. The largest absolute Gasteiger partial charge is 0.459 e. The molecular weight excluding hydrogens is 449 g/mol. The fourth-order valence-corrected chi connectivity index (χ4v) is 4.36. The number of fused-ring (bicyclic) bond motifs is 1. The Bertz CT molecular complexity index is 1130. The molecule has 32 heavy (non-hydrogen) atoms. The average Bonchev–Trinajstić information content (AvgIpc) is 3.43. The van der Waals surface area contributed by atoms with Gasteiger partial charge in [-0.05, 0) is 62.7 Å². The average molecular weight is 474 g/mol. The Hall–Kier alpha value is -2.70. The van der Waals surface area contributed by atoms with Crippen LogP contribution in [0.2, 0.25) is 10.0 Å². The van der Waals surface area contributed by atoms with Crippen molar-refractivity contribution >= 4 is 35.0 Å². The van der Waals surface area contributed by atoms with Crippen LogP contribution in [-0.2, 0) is 11.3 Å². The van der Waals surface area contributed by atoms with Crippen molar-refractivity contribution in [3.05, 3.63) is 82.0 Å². The lowest BCUT2D eigenvalue weighted by molar-refractivity contribution is -0.135. The first-order valence-corrected chi connectivity index (χ1v) is 11.2. The molecule has 0 N–H and O–H groups in total. The normalized spacial score (nSPS) is 16.0. The fraction of sp³-hybridized carbons (Fsp3) is 0.333. The zero-order valence-electron chi connectivity index (χ0n) is 18.2. The summed E-state index contributed by atoms with van der Waals surface area (Å²) in [5.74, 6) is -0.257. The number of hydrogen-bond donors (Lipinski definition) is 0. The molecule has 168 valence electrons. The molecule has 0 unspecified atom stereocenters. The van der Waals surface area contributed by atoms with E-state index in [9.17, 15) is 9.59 Å². The molecule has 6 nitrogen and oxygen atoms in total. The van der Waals surface area contributed by atoms with Gasteiger partial charge >= 0.3 is 0 Å². The van der Waals surface area contributed by atoms with E-state index in [0.717, 1.165) is 11.3 Å². The fourth-order valence-electron chi connectivity index (χ4n) is 4.06. The molecule has 1 aliphatic rings. The SMILES string of the molecule is CC(C)(C)N(CC(=O)N1CCn2cccc2[C@@H]1c1ccc(Cl)c(Cl)c1)C(=O)c1ccco1. The molecule has 0 spiro atoms. The van der Waals surface area contributed by atoms with E-state index >= 15 is 0 Å². The molecule has 1 aromatic carbocycles. The van der Waals surface area contributed by atoms with E-state index in [-0.39, 0.29) is 30.2 Å². The minimum Gasteiger partial charge on any atom is -0.459 e. The van der Waals surface area contributed by atoms with Gasteiger partial charge in [-0.2, -0.15) is 0 Å². The number of carbonyl (C=O) groups excluding carboxylic acids is 2. The highest BCUT2D eigenvalue weighted by atomic mass is 35.5. The van der Waals surface area contributed by atoms with E-state index in [1.165, 1.54) is 6.26 Å². The van der Waals surface area contributed by atoms with E-state index in [2.05, 4.69) is 4.57 Å². The third-order valence-electron chi connectivity index (χ3n) is 5.70. The molecule has 4 rings (SSSR count). The standard InChI is InChI=1S/C24H25Cl2N3O3/c1-24(2,3)29(23(31)20-7-5-13-32-20)15-21(30)28-12-11-27-10-4-6-19(27)22(28)16-8-9-17(25)18(26)14-16/h4-10,13-14,22H,11-12,15H2,1-3H3/t22-/m0/s1. The molecule has 1 atom stereocenters. The van der Waals surface area contributed by atoms with Gasteiger partial charge in [-0.3, -0.25) is 9.59 Å². The second-order valence-corrected chi connectivity index (χ2v) is 9.64. The molecular formula is C24H25Cl2N3O3. The molecule has 2 aromatic heterocycles. The maximum Gasteiger partial charge on any atom is 0.290 e. The monoisotopic (exact) mass is 473 g/mol. The van der Waals surface area contributed by atoms with Gasteiger partial charge in [0.25, 0.3) is 5.91 Å². The number of amides is 2. The van der Waals surface area contributed by atoms with E-state index in [4.69, 9.17) is 27.6 Å². The molecule has 8 heteroatoms. The van der Waals surface area contributed by atoms with E-state index in [0.29, 0.717) is 23.1 Å². The van der Waals surface area contributed by atoms with Crippen LogP contribution in [0.1, 0.15) is 48.6 Å². The molecule has 0 saturated carbocycles. The van der Waals surface area contributed by atoms with E-state index in [1.54, 1.807) is 29.2 Å². The summed E-state index contributed by atoms with van der Waals surface area (Å²) >= 11 is 12.4. The summed E-state index contributed by atoms with van der Waals surface area (Å²) in [6.07, 6.45) is 3.46. The highest BCUT2D eigenvalue weighted by Gasteiger charge is 2.36. The van der Waals surface area contributed by atoms with Gasteiger partial charge in [0.15, 0.2) is 5.76 Å². The van der Waals surface area contributed by atoms with Crippen molar-refractivity contribution in [1.82, 2.24) is 14.4 Å². The predicted molar refractivity (Wildman–Crippen MR) is 124 cm³/mol. The Kier molecular flexibility index (Phi) is 6.10. The summed E-state index contributed by atoms with van der Waals surface area (Å²) in [5, 5.41) is 0.895. The van der Waals surface area contributed by atoms with Crippen LogP contribution in [0.4, 0.5) is 0 Å². The van der Waals surface area contributed by atoms with E-state index < -0.39 is 5.54 Å². The van der Waals surface area contributed by atoms with Crippen molar-refractivity contribution in [2.75, 3.05) is 13.1 Å². The Morgan fingerprint density at radius 1 is 1.09 bits per heavy atom. The van der Waals surface area contributed by atoms with Crippen LogP contribution in [0.5, 0.6) is 0 Å². The topological polar surface area (TPSA) is 58.7 Å². The van der Waals surface area contributed by atoms with Gasteiger partial charge in [0.1, 0.15) is 6.54 Å². The first-order valence-electron chi connectivity index (χ1n) is 10.4. The van der Waals surface area contributed by atoms with Gasteiger partial charge in [0, 0.05) is 30.5 Å². The zero-order chi connectivity index (χ0) is 23.0. The van der Waals surface area contributed by atoms with Crippen molar-refractivity contribution < 1.29 is 14.0 Å². The first kappa shape index (κ1) is 22.5. The number of hydrogen-bond acceptors (Lipinski definition) is 3. The van der Waals surface area contributed by atoms with Crippen molar-refractivity contribution in [3.8, 4) is 0 Å². The molecule has 1 aliphatic heterocycles. The van der Waals surface area contributed by atoms with E-state index in [1.807, 2.05) is 50.1 Å². The zero-order valence-corrected chi connectivity index (χ0v) is 19.7. The highest BCUT2D eigenvalue weighted by molar-refractivity contribution is 6.42.